The lowest BCUT2D eigenvalue weighted by molar-refractivity contribution is 0.194. The molecule has 0 amide bonds. The molecule has 4 heteroatoms. The zero-order valence-electron chi connectivity index (χ0n) is 17.1. The average Bonchev–Trinajstić information content (AvgIpc) is 3.10. The Morgan fingerprint density at radius 1 is 1.00 bits per heavy atom. The largest absolute Gasteiger partial charge is 0.404 e. The molecule has 0 spiro atoms. The van der Waals surface area contributed by atoms with E-state index in [1.165, 1.54) is 5.56 Å². The van der Waals surface area contributed by atoms with E-state index < -0.39 is 18.3 Å². The van der Waals surface area contributed by atoms with Gasteiger partial charge < -0.3 is 4.43 Å². The lowest BCUT2D eigenvalue weighted by Crippen LogP contribution is -2.51. The first kappa shape index (κ1) is 22.0. The average molecular weight is 414 g/mol. The number of hydrogen-bond acceptors (Lipinski definition) is 1. The number of hydrogen-bond donors (Lipinski definition) is 0. The van der Waals surface area contributed by atoms with Crippen LogP contribution >= 0.6 is 23.2 Å². The van der Waals surface area contributed by atoms with E-state index in [0.29, 0.717) is 23.0 Å². The molecule has 0 saturated heterocycles. The molecule has 1 nitrogen and oxygen atoms in total. The standard InChI is InChI=1S/C22H34Cl2OSi/c1-17(2)26(18(3)4,19(5)6)25-21(16-22(21,23)24)15-11-10-14-20-12-8-7-9-13-20/h7-9,11-13,15,17-19H,10,14,16H2,1-6H3/b15-11+. The van der Waals surface area contributed by atoms with Crippen LogP contribution < -0.4 is 0 Å². The topological polar surface area (TPSA) is 9.23 Å². The highest BCUT2D eigenvalue weighted by Crippen LogP contribution is 2.63. The van der Waals surface area contributed by atoms with E-state index >= 15 is 0 Å². The van der Waals surface area contributed by atoms with Crippen molar-refractivity contribution >= 4 is 31.5 Å². The van der Waals surface area contributed by atoms with Gasteiger partial charge in [-0.25, -0.2) is 0 Å². The first-order valence-electron chi connectivity index (χ1n) is 9.87. The fourth-order valence-corrected chi connectivity index (χ4v) is 10.8. The summed E-state index contributed by atoms with van der Waals surface area (Å²) in [5.41, 5.74) is 2.38. The molecule has 0 heterocycles. The van der Waals surface area contributed by atoms with Crippen LogP contribution in [0.15, 0.2) is 42.5 Å². The Labute approximate surface area is 171 Å². The summed E-state index contributed by atoms with van der Waals surface area (Å²) < 4.78 is 6.18. The summed E-state index contributed by atoms with van der Waals surface area (Å²) in [5, 5.41) is 0. The number of halogens is 2. The van der Waals surface area contributed by atoms with E-state index in [1.807, 2.05) is 0 Å². The van der Waals surface area contributed by atoms with Crippen molar-refractivity contribution in [2.75, 3.05) is 0 Å². The second kappa shape index (κ2) is 8.39. The maximum absolute atomic E-state index is 6.98. The first-order chi connectivity index (χ1) is 12.1. The Bertz CT molecular complexity index is 588. The SMILES string of the molecule is CC(C)[Si](OC1(/C=C/CCc2ccccc2)CC1(Cl)Cl)(C(C)C)C(C)C. The summed E-state index contributed by atoms with van der Waals surface area (Å²) in [6.45, 7) is 13.8. The van der Waals surface area contributed by atoms with Gasteiger partial charge >= 0.3 is 0 Å². The summed E-state index contributed by atoms with van der Waals surface area (Å²) in [5.74, 6) is 0. The second-order valence-corrected chi connectivity index (χ2v) is 15.5. The van der Waals surface area contributed by atoms with Crippen molar-refractivity contribution in [3.63, 3.8) is 0 Å². The third-order valence-electron chi connectivity index (χ3n) is 5.87. The Morgan fingerprint density at radius 3 is 1.92 bits per heavy atom. The van der Waals surface area contributed by atoms with Crippen LogP contribution in [-0.4, -0.2) is 18.3 Å². The van der Waals surface area contributed by atoms with Gasteiger partial charge in [-0.15, -0.1) is 0 Å². The minimum absolute atomic E-state index is 0.516. The number of aryl methyl sites for hydroxylation is 1. The van der Waals surface area contributed by atoms with Crippen LogP contribution in [0.25, 0.3) is 0 Å². The minimum Gasteiger partial charge on any atom is -0.404 e. The maximum atomic E-state index is 6.98. The van der Waals surface area contributed by atoms with Gasteiger partial charge in [-0.05, 0) is 35.0 Å². The molecule has 1 unspecified atom stereocenters. The summed E-state index contributed by atoms with van der Waals surface area (Å²) >= 11 is 13.2. The van der Waals surface area contributed by atoms with E-state index in [1.54, 1.807) is 0 Å². The zero-order valence-corrected chi connectivity index (χ0v) is 19.6. The molecular weight excluding hydrogens is 379 g/mol. The quantitative estimate of drug-likeness (QED) is 0.229. The van der Waals surface area contributed by atoms with Crippen LogP contribution in [0.4, 0.5) is 0 Å². The van der Waals surface area contributed by atoms with Gasteiger partial charge in [0.25, 0.3) is 0 Å². The van der Waals surface area contributed by atoms with Crippen LogP contribution in [0.2, 0.25) is 16.6 Å². The van der Waals surface area contributed by atoms with Crippen molar-refractivity contribution in [1.29, 1.82) is 0 Å². The maximum Gasteiger partial charge on any atom is 0.201 e. The van der Waals surface area contributed by atoms with Gasteiger partial charge in [-0.3, -0.25) is 0 Å². The summed E-state index contributed by atoms with van der Waals surface area (Å²) in [7, 11) is -2.03. The molecule has 1 atom stereocenters. The van der Waals surface area contributed by atoms with Crippen LogP contribution in [-0.2, 0) is 10.8 Å². The summed E-state index contributed by atoms with van der Waals surface area (Å²) in [6, 6.07) is 10.6. The van der Waals surface area contributed by atoms with Crippen molar-refractivity contribution in [2.24, 2.45) is 0 Å². The highest BCUT2D eigenvalue weighted by Gasteiger charge is 2.69. The van der Waals surface area contributed by atoms with E-state index in [9.17, 15) is 0 Å². The summed E-state index contributed by atoms with van der Waals surface area (Å²) in [6.07, 6.45) is 7.04. The molecule has 1 fully saturated rings. The Morgan fingerprint density at radius 2 is 1.50 bits per heavy atom. The predicted octanol–water partition coefficient (Wildman–Crippen LogP) is 7.68. The molecular formula is C22H34Cl2OSi. The number of alkyl halides is 2. The van der Waals surface area contributed by atoms with E-state index in [-0.39, 0.29) is 0 Å². The van der Waals surface area contributed by atoms with Crippen molar-refractivity contribution in [2.45, 2.75) is 87.4 Å². The molecule has 0 aromatic heterocycles. The van der Waals surface area contributed by atoms with Crippen LogP contribution in [0.5, 0.6) is 0 Å². The van der Waals surface area contributed by atoms with Gasteiger partial charge in [0.1, 0.15) is 5.60 Å². The number of benzene rings is 1. The zero-order chi connectivity index (χ0) is 19.6. The molecule has 0 bridgehead atoms. The van der Waals surface area contributed by atoms with Gasteiger partial charge in [0.05, 0.1) is 0 Å². The lowest BCUT2D eigenvalue weighted by Gasteiger charge is -2.44. The smallest absolute Gasteiger partial charge is 0.201 e. The monoisotopic (exact) mass is 412 g/mol. The third-order valence-corrected chi connectivity index (χ3v) is 12.9. The van der Waals surface area contributed by atoms with Gasteiger partial charge in [0, 0.05) is 6.42 Å². The second-order valence-electron chi connectivity index (χ2n) is 8.62. The minimum atomic E-state index is -2.03. The fourth-order valence-electron chi connectivity index (χ4n) is 4.45. The van der Waals surface area contributed by atoms with Gasteiger partial charge in [0.15, 0.2) is 4.33 Å². The van der Waals surface area contributed by atoms with Crippen molar-refractivity contribution < 1.29 is 4.43 Å². The molecule has 1 aromatic rings. The molecule has 2 rings (SSSR count). The number of rotatable bonds is 9. The van der Waals surface area contributed by atoms with E-state index in [0.717, 1.165) is 12.8 Å². The molecule has 1 aliphatic carbocycles. The van der Waals surface area contributed by atoms with Crippen LogP contribution in [0, 0.1) is 0 Å². The normalized spacial score (nSPS) is 22.7. The molecule has 1 aliphatic rings. The Kier molecular flexibility index (Phi) is 7.10. The highest BCUT2D eigenvalue weighted by atomic mass is 35.5. The van der Waals surface area contributed by atoms with Crippen LogP contribution in [0.1, 0.15) is 59.9 Å². The van der Waals surface area contributed by atoms with E-state index in [2.05, 4.69) is 84.0 Å². The fraction of sp³-hybridized carbons (Fsp3) is 0.636. The van der Waals surface area contributed by atoms with Crippen molar-refractivity contribution in [3.05, 3.63) is 48.0 Å². The Balaban J connectivity index is 2.15. The van der Waals surface area contributed by atoms with Crippen molar-refractivity contribution in [1.82, 2.24) is 0 Å². The Hall–Kier alpha value is -0.283. The van der Waals surface area contributed by atoms with E-state index in [4.69, 9.17) is 27.6 Å². The molecule has 26 heavy (non-hydrogen) atoms. The molecule has 0 radical (unpaired) electrons. The van der Waals surface area contributed by atoms with Crippen LogP contribution in [0.3, 0.4) is 0 Å². The van der Waals surface area contributed by atoms with Gasteiger partial charge in [-0.1, -0.05) is 107 Å². The molecule has 1 aromatic carbocycles. The highest BCUT2D eigenvalue weighted by molar-refractivity contribution is 6.78. The molecule has 0 N–H and O–H groups in total. The molecule has 146 valence electrons. The number of allylic oxidation sites excluding steroid dienone is 1. The van der Waals surface area contributed by atoms with Crippen molar-refractivity contribution in [3.8, 4) is 0 Å². The van der Waals surface area contributed by atoms with Gasteiger partial charge in [0.2, 0.25) is 8.32 Å². The molecule has 0 aliphatic heterocycles. The predicted molar refractivity (Wildman–Crippen MR) is 118 cm³/mol. The van der Waals surface area contributed by atoms with Gasteiger partial charge in [-0.2, -0.15) is 0 Å². The molecule has 1 saturated carbocycles. The lowest BCUT2D eigenvalue weighted by atomic mass is 10.1. The summed E-state index contributed by atoms with van der Waals surface area (Å²) in [4.78, 5) is 0. The first-order valence-corrected chi connectivity index (χ1v) is 12.8. The third kappa shape index (κ3) is 4.40.